The fourth-order valence-corrected chi connectivity index (χ4v) is 5.19. The molecule has 6 nitrogen and oxygen atoms in total. The number of aryl methyl sites for hydroxylation is 2. The van der Waals surface area contributed by atoms with Crippen LogP contribution in [0.25, 0.3) is 10.9 Å². The van der Waals surface area contributed by atoms with Crippen LogP contribution in [0.4, 0.5) is 0 Å². The Labute approximate surface area is 201 Å². The van der Waals surface area contributed by atoms with Crippen LogP contribution in [0.2, 0.25) is 0 Å². The molecule has 2 N–H and O–H groups in total. The molecule has 3 aromatic rings. The van der Waals surface area contributed by atoms with Crippen LogP contribution in [0, 0.1) is 0 Å². The molecule has 2 aliphatic rings. The molecule has 180 valence electrons. The third kappa shape index (κ3) is 5.29. The van der Waals surface area contributed by atoms with Gasteiger partial charge < -0.3 is 19.8 Å². The van der Waals surface area contributed by atoms with Crippen LogP contribution in [0.1, 0.15) is 52.9 Å². The van der Waals surface area contributed by atoms with Gasteiger partial charge in [-0.25, -0.2) is 0 Å². The number of aromatic nitrogens is 1. The van der Waals surface area contributed by atoms with Crippen LogP contribution < -0.4 is 10.1 Å². The Hall–Kier alpha value is -2.83. The van der Waals surface area contributed by atoms with Crippen molar-refractivity contribution in [3.8, 4) is 5.75 Å². The molecule has 34 heavy (non-hydrogen) atoms. The second-order valence-electron chi connectivity index (χ2n) is 9.55. The number of ether oxygens (including phenoxy) is 2. The van der Waals surface area contributed by atoms with Gasteiger partial charge in [0.05, 0.1) is 0 Å². The van der Waals surface area contributed by atoms with Crippen molar-refractivity contribution in [3.05, 3.63) is 64.8 Å². The summed E-state index contributed by atoms with van der Waals surface area (Å²) >= 11 is 0. The standard InChI is InChI=1S/C28H35N3O3/c1-31(22-11-14-33-15-12-22)13-16-34-23-6-4-5-20(17-23)19-29-28(32)21-9-10-27-25(18-21)24-7-2-3-8-26(24)30-27/h4-6,9-10,17-18,22,30H,2-3,7-8,11-16,19H2,1H3,(H,29,32). The molecule has 1 saturated heterocycles. The number of aromatic amines is 1. The van der Waals surface area contributed by atoms with Crippen molar-refractivity contribution in [2.24, 2.45) is 0 Å². The highest BCUT2D eigenvalue weighted by Crippen LogP contribution is 2.29. The van der Waals surface area contributed by atoms with E-state index in [-0.39, 0.29) is 5.91 Å². The fourth-order valence-electron chi connectivity index (χ4n) is 5.19. The van der Waals surface area contributed by atoms with E-state index in [1.807, 2.05) is 42.5 Å². The first-order chi connectivity index (χ1) is 16.7. The first-order valence-electron chi connectivity index (χ1n) is 12.6. The summed E-state index contributed by atoms with van der Waals surface area (Å²) in [7, 11) is 2.16. The van der Waals surface area contributed by atoms with E-state index in [9.17, 15) is 4.79 Å². The minimum absolute atomic E-state index is 0.0444. The minimum Gasteiger partial charge on any atom is -0.492 e. The van der Waals surface area contributed by atoms with Crippen LogP contribution >= 0.6 is 0 Å². The fraction of sp³-hybridized carbons (Fsp3) is 0.464. The van der Waals surface area contributed by atoms with Gasteiger partial charge in [0.1, 0.15) is 12.4 Å². The lowest BCUT2D eigenvalue weighted by Gasteiger charge is -2.31. The Morgan fingerprint density at radius 1 is 1.15 bits per heavy atom. The molecule has 0 radical (unpaired) electrons. The Bertz CT molecular complexity index is 1130. The van der Waals surface area contributed by atoms with Gasteiger partial charge in [-0.3, -0.25) is 9.69 Å². The first kappa shape index (κ1) is 22.9. The van der Waals surface area contributed by atoms with Crippen LogP contribution in [0.3, 0.4) is 0 Å². The van der Waals surface area contributed by atoms with E-state index in [0.717, 1.165) is 62.3 Å². The molecular formula is C28H35N3O3. The van der Waals surface area contributed by atoms with Gasteiger partial charge in [-0.05, 0) is 87.0 Å². The van der Waals surface area contributed by atoms with Gasteiger partial charge in [-0.15, -0.1) is 0 Å². The number of fused-ring (bicyclic) bond motifs is 3. The summed E-state index contributed by atoms with van der Waals surface area (Å²) in [5, 5.41) is 4.27. The lowest BCUT2D eigenvalue weighted by Crippen LogP contribution is -2.38. The van der Waals surface area contributed by atoms with Gasteiger partial charge in [-0.2, -0.15) is 0 Å². The average molecular weight is 462 g/mol. The number of nitrogens with one attached hydrogen (secondary N) is 2. The molecular weight excluding hydrogens is 426 g/mol. The van der Waals surface area contributed by atoms with Gasteiger partial charge in [-0.1, -0.05) is 12.1 Å². The molecule has 0 unspecified atom stereocenters. The normalized spacial score (nSPS) is 16.5. The number of carbonyl (C=O) groups is 1. The molecule has 2 aromatic carbocycles. The second kappa shape index (κ2) is 10.6. The van der Waals surface area contributed by atoms with Crippen molar-refractivity contribution in [3.63, 3.8) is 0 Å². The number of nitrogens with zero attached hydrogens (tertiary/aromatic N) is 1. The molecule has 1 fully saturated rings. The zero-order valence-electron chi connectivity index (χ0n) is 20.1. The predicted molar refractivity (Wildman–Crippen MR) is 135 cm³/mol. The summed E-state index contributed by atoms with van der Waals surface area (Å²) in [4.78, 5) is 18.8. The number of rotatable bonds is 8. The molecule has 1 aliphatic heterocycles. The molecule has 1 amide bonds. The van der Waals surface area contributed by atoms with Crippen LogP contribution in [0.5, 0.6) is 5.75 Å². The van der Waals surface area contributed by atoms with Crippen LogP contribution in [-0.2, 0) is 24.1 Å². The van der Waals surface area contributed by atoms with E-state index in [0.29, 0.717) is 24.8 Å². The molecule has 1 aromatic heterocycles. The maximum atomic E-state index is 12.9. The van der Waals surface area contributed by atoms with E-state index >= 15 is 0 Å². The lowest BCUT2D eigenvalue weighted by atomic mass is 9.95. The van der Waals surface area contributed by atoms with E-state index in [1.54, 1.807) is 0 Å². The summed E-state index contributed by atoms with van der Waals surface area (Å²) in [6, 6.07) is 14.6. The zero-order chi connectivity index (χ0) is 23.3. The highest BCUT2D eigenvalue weighted by molar-refractivity contribution is 5.99. The largest absolute Gasteiger partial charge is 0.492 e. The van der Waals surface area contributed by atoms with Gasteiger partial charge in [0.25, 0.3) is 5.91 Å². The van der Waals surface area contributed by atoms with E-state index < -0.39 is 0 Å². The molecule has 6 heteroatoms. The number of amides is 1. The van der Waals surface area contributed by atoms with Crippen molar-refractivity contribution in [1.29, 1.82) is 0 Å². The number of likely N-dealkylation sites (N-methyl/N-ethyl adjacent to an activating group) is 1. The summed E-state index contributed by atoms with van der Waals surface area (Å²) in [5.41, 5.74) is 5.61. The van der Waals surface area contributed by atoms with E-state index in [4.69, 9.17) is 9.47 Å². The number of H-pyrrole nitrogens is 1. The Morgan fingerprint density at radius 2 is 2.00 bits per heavy atom. The van der Waals surface area contributed by atoms with Crippen LogP contribution in [-0.4, -0.2) is 55.2 Å². The number of hydrogen-bond acceptors (Lipinski definition) is 4. The van der Waals surface area contributed by atoms with Gasteiger partial charge in [0, 0.05) is 54.5 Å². The Kier molecular flexibility index (Phi) is 7.16. The Morgan fingerprint density at radius 3 is 2.88 bits per heavy atom. The lowest BCUT2D eigenvalue weighted by molar-refractivity contribution is 0.0392. The van der Waals surface area contributed by atoms with Gasteiger partial charge >= 0.3 is 0 Å². The van der Waals surface area contributed by atoms with Crippen molar-refractivity contribution in [1.82, 2.24) is 15.2 Å². The predicted octanol–water partition coefficient (Wildman–Crippen LogP) is 4.47. The molecule has 0 bridgehead atoms. The van der Waals surface area contributed by atoms with Gasteiger partial charge in [0.2, 0.25) is 0 Å². The third-order valence-corrected chi connectivity index (χ3v) is 7.24. The van der Waals surface area contributed by atoms with Crippen molar-refractivity contribution in [2.45, 2.75) is 51.1 Å². The maximum Gasteiger partial charge on any atom is 0.251 e. The third-order valence-electron chi connectivity index (χ3n) is 7.24. The molecule has 2 heterocycles. The van der Waals surface area contributed by atoms with E-state index in [1.165, 1.54) is 29.5 Å². The van der Waals surface area contributed by atoms with E-state index in [2.05, 4.69) is 22.2 Å². The molecule has 0 saturated carbocycles. The van der Waals surface area contributed by atoms with Crippen molar-refractivity contribution in [2.75, 3.05) is 33.4 Å². The van der Waals surface area contributed by atoms with Crippen molar-refractivity contribution < 1.29 is 14.3 Å². The van der Waals surface area contributed by atoms with Gasteiger partial charge in [0.15, 0.2) is 0 Å². The highest BCUT2D eigenvalue weighted by Gasteiger charge is 2.18. The molecule has 0 atom stereocenters. The number of benzene rings is 2. The Balaban J connectivity index is 1.14. The topological polar surface area (TPSA) is 66.6 Å². The summed E-state index contributed by atoms with van der Waals surface area (Å²) in [6.45, 7) is 3.71. The quantitative estimate of drug-likeness (QED) is 0.520. The summed E-state index contributed by atoms with van der Waals surface area (Å²) < 4.78 is 11.5. The monoisotopic (exact) mass is 461 g/mol. The summed E-state index contributed by atoms with van der Waals surface area (Å²) in [6.07, 6.45) is 6.84. The molecule has 1 aliphatic carbocycles. The average Bonchev–Trinajstić information content (AvgIpc) is 3.26. The summed E-state index contributed by atoms with van der Waals surface area (Å²) in [5.74, 6) is 0.796. The second-order valence-corrected chi connectivity index (χ2v) is 9.55. The maximum absolute atomic E-state index is 12.9. The number of carbonyl (C=O) groups excluding carboxylic acids is 1. The smallest absolute Gasteiger partial charge is 0.251 e. The first-order valence-corrected chi connectivity index (χ1v) is 12.6. The van der Waals surface area contributed by atoms with Crippen molar-refractivity contribution >= 4 is 16.8 Å². The highest BCUT2D eigenvalue weighted by atomic mass is 16.5. The van der Waals surface area contributed by atoms with Crippen LogP contribution in [0.15, 0.2) is 42.5 Å². The molecule has 0 spiro atoms. The SMILES string of the molecule is CN(CCOc1cccc(CNC(=O)c2ccc3[nH]c4c(c3c2)CCCC4)c1)C1CCOCC1. The minimum atomic E-state index is -0.0444. The number of hydrogen-bond donors (Lipinski definition) is 2. The molecule has 5 rings (SSSR count). The zero-order valence-corrected chi connectivity index (χ0v) is 20.1.